The van der Waals surface area contributed by atoms with E-state index in [2.05, 4.69) is 9.97 Å². The Labute approximate surface area is 109 Å². The highest BCUT2D eigenvalue weighted by molar-refractivity contribution is 5.81. The third kappa shape index (κ3) is 2.38. The molecule has 3 nitrogen and oxygen atoms in total. The van der Waals surface area contributed by atoms with Gasteiger partial charge in [-0.15, -0.1) is 0 Å². The molecule has 0 bridgehead atoms. The number of halogens is 1. The Morgan fingerprint density at radius 3 is 2.74 bits per heavy atom. The SMILES string of the molecule is Fc1ncccc1OCc1ccnc2ccccc12. The summed E-state index contributed by atoms with van der Waals surface area (Å²) in [5, 5.41) is 1.01. The van der Waals surface area contributed by atoms with E-state index in [1.165, 1.54) is 6.20 Å². The van der Waals surface area contributed by atoms with Crippen molar-refractivity contribution in [3.05, 3.63) is 66.4 Å². The molecule has 3 rings (SSSR count). The Hall–Kier alpha value is -2.49. The van der Waals surface area contributed by atoms with Gasteiger partial charge in [0, 0.05) is 23.3 Å². The van der Waals surface area contributed by atoms with Gasteiger partial charge in [0.25, 0.3) is 5.95 Å². The fraction of sp³-hybridized carbons (Fsp3) is 0.0667. The predicted octanol–water partition coefficient (Wildman–Crippen LogP) is 3.35. The first-order valence-electron chi connectivity index (χ1n) is 5.90. The molecule has 0 amide bonds. The fourth-order valence-electron chi connectivity index (χ4n) is 1.92. The zero-order valence-electron chi connectivity index (χ0n) is 10.1. The molecule has 0 aliphatic heterocycles. The largest absolute Gasteiger partial charge is 0.484 e. The van der Waals surface area contributed by atoms with E-state index in [4.69, 9.17) is 4.74 Å². The standard InChI is InChI=1S/C15H11FN2O/c16-15-14(6-3-8-18-15)19-10-11-7-9-17-13-5-2-1-4-12(11)13/h1-9H,10H2. The highest BCUT2D eigenvalue weighted by atomic mass is 19.1. The van der Waals surface area contributed by atoms with Crippen molar-refractivity contribution in [2.75, 3.05) is 0 Å². The van der Waals surface area contributed by atoms with E-state index >= 15 is 0 Å². The van der Waals surface area contributed by atoms with Crippen molar-refractivity contribution in [2.45, 2.75) is 6.61 Å². The number of rotatable bonds is 3. The number of para-hydroxylation sites is 1. The summed E-state index contributed by atoms with van der Waals surface area (Å²) < 4.78 is 18.8. The van der Waals surface area contributed by atoms with Crippen LogP contribution in [-0.2, 0) is 6.61 Å². The molecule has 0 N–H and O–H groups in total. The first kappa shape index (κ1) is 11.6. The van der Waals surface area contributed by atoms with Gasteiger partial charge in [-0.3, -0.25) is 4.98 Å². The average molecular weight is 254 g/mol. The summed E-state index contributed by atoms with van der Waals surface area (Å²) in [6.45, 7) is 0.283. The number of hydrogen-bond donors (Lipinski definition) is 0. The predicted molar refractivity (Wildman–Crippen MR) is 70.3 cm³/mol. The lowest BCUT2D eigenvalue weighted by molar-refractivity contribution is 0.287. The zero-order chi connectivity index (χ0) is 13.1. The molecule has 0 atom stereocenters. The van der Waals surface area contributed by atoms with Gasteiger partial charge >= 0.3 is 0 Å². The molecule has 94 valence electrons. The maximum Gasteiger partial charge on any atom is 0.255 e. The van der Waals surface area contributed by atoms with Crippen LogP contribution in [0.15, 0.2) is 54.9 Å². The highest BCUT2D eigenvalue weighted by Crippen LogP contribution is 2.19. The maximum atomic E-state index is 13.4. The summed E-state index contributed by atoms with van der Waals surface area (Å²) in [6, 6.07) is 12.9. The molecular weight excluding hydrogens is 243 g/mol. The van der Waals surface area contributed by atoms with Crippen LogP contribution >= 0.6 is 0 Å². The fourth-order valence-corrected chi connectivity index (χ4v) is 1.92. The molecule has 0 saturated heterocycles. The second-order valence-electron chi connectivity index (χ2n) is 4.07. The summed E-state index contributed by atoms with van der Waals surface area (Å²) in [5.41, 5.74) is 1.86. The average Bonchev–Trinajstić information content (AvgIpc) is 2.46. The van der Waals surface area contributed by atoms with Gasteiger partial charge in [0.2, 0.25) is 0 Å². The molecule has 3 aromatic rings. The van der Waals surface area contributed by atoms with Crippen molar-refractivity contribution in [3.63, 3.8) is 0 Å². The number of ether oxygens (including phenoxy) is 1. The van der Waals surface area contributed by atoms with E-state index in [9.17, 15) is 4.39 Å². The van der Waals surface area contributed by atoms with Crippen molar-refractivity contribution in [1.82, 2.24) is 9.97 Å². The molecule has 2 heterocycles. The van der Waals surface area contributed by atoms with Crippen LogP contribution in [0.2, 0.25) is 0 Å². The van der Waals surface area contributed by atoms with Crippen molar-refractivity contribution in [2.24, 2.45) is 0 Å². The monoisotopic (exact) mass is 254 g/mol. The molecule has 4 heteroatoms. The lowest BCUT2D eigenvalue weighted by atomic mass is 10.1. The van der Waals surface area contributed by atoms with Crippen LogP contribution in [0.5, 0.6) is 5.75 Å². The van der Waals surface area contributed by atoms with E-state index in [1.807, 2.05) is 30.3 Å². The van der Waals surface area contributed by atoms with Crippen LogP contribution in [0, 0.1) is 5.95 Å². The summed E-state index contributed by atoms with van der Waals surface area (Å²) >= 11 is 0. The minimum Gasteiger partial charge on any atom is -0.484 e. The second kappa shape index (κ2) is 5.02. The summed E-state index contributed by atoms with van der Waals surface area (Å²) in [7, 11) is 0. The number of fused-ring (bicyclic) bond motifs is 1. The number of pyridine rings is 2. The highest BCUT2D eigenvalue weighted by Gasteiger charge is 2.05. The van der Waals surface area contributed by atoms with Gasteiger partial charge in [0.15, 0.2) is 5.75 Å². The Balaban J connectivity index is 1.88. The van der Waals surface area contributed by atoms with Gasteiger partial charge in [-0.25, -0.2) is 4.98 Å². The van der Waals surface area contributed by atoms with Crippen LogP contribution in [0.4, 0.5) is 4.39 Å². The molecule has 0 unspecified atom stereocenters. The third-order valence-corrected chi connectivity index (χ3v) is 2.85. The Morgan fingerprint density at radius 1 is 0.947 bits per heavy atom. The van der Waals surface area contributed by atoms with E-state index in [0.717, 1.165) is 16.5 Å². The molecule has 0 fully saturated rings. The smallest absolute Gasteiger partial charge is 0.255 e. The van der Waals surface area contributed by atoms with Gasteiger partial charge < -0.3 is 4.74 Å². The van der Waals surface area contributed by atoms with Crippen molar-refractivity contribution < 1.29 is 9.13 Å². The van der Waals surface area contributed by atoms with Crippen LogP contribution in [0.1, 0.15) is 5.56 Å². The topological polar surface area (TPSA) is 35.0 Å². The van der Waals surface area contributed by atoms with Gasteiger partial charge in [-0.2, -0.15) is 4.39 Å². The van der Waals surface area contributed by atoms with Crippen molar-refractivity contribution >= 4 is 10.9 Å². The Kier molecular flexibility index (Phi) is 3.06. The molecule has 0 aliphatic carbocycles. The van der Waals surface area contributed by atoms with E-state index in [0.29, 0.717) is 0 Å². The number of benzene rings is 1. The molecule has 2 aromatic heterocycles. The number of aromatic nitrogens is 2. The first-order chi connectivity index (χ1) is 9.34. The summed E-state index contributed by atoms with van der Waals surface area (Å²) in [6.07, 6.45) is 3.12. The molecule has 0 saturated carbocycles. The Bertz CT molecular complexity index is 710. The molecule has 1 aromatic carbocycles. The van der Waals surface area contributed by atoms with Gasteiger partial charge in [-0.05, 0) is 24.3 Å². The maximum absolute atomic E-state index is 13.4. The zero-order valence-corrected chi connectivity index (χ0v) is 10.1. The Morgan fingerprint density at radius 2 is 1.84 bits per heavy atom. The molecular formula is C15H11FN2O. The van der Waals surface area contributed by atoms with E-state index in [-0.39, 0.29) is 12.4 Å². The number of nitrogens with zero attached hydrogens (tertiary/aromatic N) is 2. The number of hydrogen-bond acceptors (Lipinski definition) is 3. The minimum atomic E-state index is -0.596. The quantitative estimate of drug-likeness (QED) is 0.672. The summed E-state index contributed by atoms with van der Waals surface area (Å²) in [4.78, 5) is 7.82. The van der Waals surface area contributed by atoms with Crippen LogP contribution in [0.25, 0.3) is 10.9 Å². The van der Waals surface area contributed by atoms with Gasteiger partial charge in [0.05, 0.1) is 5.52 Å². The minimum absolute atomic E-state index is 0.156. The van der Waals surface area contributed by atoms with Crippen molar-refractivity contribution in [1.29, 1.82) is 0 Å². The summed E-state index contributed by atoms with van der Waals surface area (Å²) in [5.74, 6) is -0.441. The lowest BCUT2D eigenvalue weighted by Crippen LogP contribution is -1.99. The lowest BCUT2D eigenvalue weighted by Gasteiger charge is -2.08. The third-order valence-electron chi connectivity index (χ3n) is 2.85. The van der Waals surface area contributed by atoms with E-state index in [1.54, 1.807) is 18.3 Å². The van der Waals surface area contributed by atoms with Crippen LogP contribution < -0.4 is 4.74 Å². The first-order valence-corrected chi connectivity index (χ1v) is 5.90. The van der Waals surface area contributed by atoms with E-state index < -0.39 is 5.95 Å². The molecule has 0 radical (unpaired) electrons. The molecule has 0 spiro atoms. The normalized spacial score (nSPS) is 10.6. The van der Waals surface area contributed by atoms with Crippen LogP contribution in [0.3, 0.4) is 0 Å². The second-order valence-corrected chi connectivity index (χ2v) is 4.07. The van der Waals surface area contributed by atoms with Gasteiger partial charge in [-0.1, -0.05) is 18.2 Å². The van der Waals surface area contributed by atoms with Gasteiger partial charge in [0.1, 0.15) is 6.61 Å². The van der Waals surface area contributed by atoms with Crippen LogP contribution in [-0.4, -0.2) is 9.97 Å². The molecule has 19 heavy (non-hydrogen) atoms. The van der Waals surface area contributed by atoms with Crippen molar-refractivity contribution in [3.8, 4) is 5.75 Å². The molecule has 0 aliphatic rings.